The van der Waals surface area contributed by atoms with Crippen LogP contribution in [0.3, 0.4) is 0 Å². The highest BCUT2D eigenvalue weighted by Gasteiger charge is 2.10. The van der Waals surface area contributed by atoms with Crippen LogP contribution in [0.5, 0.6) is 0 Å². The molecule has 0 aromatic carbocycles. The summed E-state index contributed by atoms with van der Waals surface area (Å²) in [6.07, 6.45) is 2.15. The summed E-state index contributed by atoms with van der Waals surface area (Å²) in [6.45, 7) is 1.42. The quantitative estimate of drug-likeness (QED) is 0.598. The molecule has 1 amide bonds. The Morgan fingerprint density at radius 1 is 1.56 bits per heavy atom. The van der Waals surface area contributed by atoms with Crippen LogP contribution in [0.4, 0.5) is 4.39 Å². The van der Waals surface area contributed by atoms with E-state index >= 15 is 0 Å². The van der Waals surface area contributed by atoms with Crippen molar-refractivity contribution in [2.75, 3.05) is 27.2 Å². The van der Waals surface area contributed by atoms with Gasteiger partial charge >= 0.3 is 0 Å². The Kier molecular flexibility index (Phi) is 4.85. The van der Waals surface area contributed by atoms with Gasteiger partial charge in [-0.25, -0.2) is 4.98 Å². The van der Waals surface area contributed by atoms with Gasteiger partial charge in [0.2, 0.25) is 5.95 Å². The summed E-state index contributed by atoms with van der Waals surface area (Å²) in [4.78, 5) is 17.0. The maximum atomic E-state index is 13.1. The van der Waals surface area contributed by atoms with Gasteiger partial charge in [0.05, 0.1) is 5.56 Å². The first-order valence-electron chi connectivity index (χ1n) is 5.14. The van der Waals surface area contributed by atoms with E-state index in [4.69, 9.17) is 0 Å². The summed E-state index contributed by atoms with van der Waals surface area (Å²) in [7, 11) is 3.92. The molecule has 0 saturated carbocycles. The maximum Gasteiger partial charge on any atom is 0.255 e. The van der Waals surface area contributed by atoms with Crippen molar-refractivity contribution >= 4 is 5.91 Å². The number of nitrogens with zero attached hydrogens (tertiary/aromatic N) is 2. The number of amides is 1. The number of carbonyl (C=O) groups excluding carboxylic acids is 1. The largest absolute Gasteiger partial charge is 0.352 e. The zero-order chi connectivity index (χ0) is 12.0. The van der Waals surface area contributed by atoms with E-state index in [1.807, 2.05) is 19.0 Å². The van der Waals surface area contributed by atoms with E-state index in [9.17, 15) is 9.18 Å². The van der Waals surface area contributed by atoms with Crippen LogP contribution in [0, 0.1) is 5.95 Å². The van der Waals surface area contributed by atoms with Gasteiger partial charge in [0.1, 0.15) is 0 Å². The number of nitrogens with one attached hydrogen (secondary N) is 1. The number of pyridine rings is 1. The van der Waals surface area contributed by atoms with Crippen LogP contribution in [0.1, 0.15) is 16.8 Å². The minimum atomic E-state index is -0.729. The number of halogens is 1. The van der Waals surface area contributed by atoms with Crippen molar-refractivity contribution in [2.45, 2.75) is 6.42 Å². The van der Waals surface area contributed by atoms with Gasteiger partial charge < -0.3 is 10.2 Å². The Bertz CT molecular complexity index is 355. The van der Waals surface area contributed by atoms with Crippen LogP contribution >= 0.6 is 0 Å². The summed E-state index contributed by atoms with van der Waals surface area (Å²) in [5, 5.41) is 2.65. The summed E-state index contributed by atoms with van der Waals surface area (Å²) < 4.78 is 13.1. The van der Waals surface area contributed by atoms with Crippen LogP contribution in [-0.4, -0.2) is 43.0 Å². The average Bonchev–Trinajstić information content (AvgIpc) is 2.24. The molecule has 1 heterocycles. The van der Waals surface area contributed by atoms with Crippen molar-refractivity contribution in [3.05, 3.63) is 29.8 Å². The second-order valence-corrected chi connectivity index (χ2v) is 3.75. The monoisotopic (exact) mass is 225 g/mol. The highest BCUT2D eigenvalue weighted by Crippen LogP contribution is 2.02. The van der Waals surface area contributed by atoms with E-state index in [-0.39, 0.29) is 5.56 Å². The number of hydrogen-bond acceptors (Lipinski definition) is 3. The van der Waals surface area contributed by atoms with Crippen molar-refractivity contribution in [2.24, 2.45) is 0 Å². The summed E-state index contributed by atoms with van der Waals surface area (Å²) in [5.74, 6) is -1.14. The molecule has 0 radical (unpaired) electrons. The van der Waals surface area contributed by atoms with E-state index in [1.165, 1.54) is 18.3 Å². The average molecular weight is 225 g/mol. The Hall–Kier alpha value is -1.49. The topological polar surface area (TPSA) is 45.2 Å². The Morgan fingerprint density at radius 3 is 2.94 bits per heavy atom. The first kappa shape index (κ1) is 12.6. The van der Waals surface area contributed by atoms with Gasteiger partial charge in [-0.05, 0) is 39.2 Å². The van der Waals surface area contributed by atoms with Crippen LogP contribution in [0.2, 0.25) is 0 Å². The zero-order valence-electron chi connectivity index (χ0n) is 9.53. The predicted octanol–water partition coefficient (Wildman–Crippen LogP) is 0.902. The van der Waals surface area contributed by atoms with E-state index in [0.717, 1.165) is 13.0 Å². The van der Waals surface area contributed by atoms with E-state index in [2.05, 4.69) is 10.3 Å². The number of carbonyl (C=O) groups is 1. The Morgan fingerprint density at radius 2 is 2.31 bits per heavy atom. The number of hydrogen-bond donors (Lipinski definition) is 1. The van der Waals surface area contributed by atoms with Crippen LogP contribution < -0.4 is 5.32 Å². The first-order chi connectivity index (χ1) is 7.61. The second kappa shape index (κ2) is 6.17. The second-order valence-electron chi connectivity index (χ2n) is 3.75. The molecule has 0 fully saturated rings. The molecular weight excluding hydrogens is 209 g/mol. The van der Waals surface area contributed by atoms with Gasteiger partial charge in [-0.3, -0.25) is 4.79 Å². The fourth-order valence-electron chi connectivity index (χ4n) is 1.25. The van der Waals surface area contributed by atoms with E-state index < -0.39 is 11.9 Å². The SMILES string of the molecule is CN(C)CCCNC(=O)c1cccnc1F. The van der Waals surface area contributed by atoms with Crippen LogP contribution in [-0.2, 0) is 0 Å². The van der Waals surface area contributed by atoms with E-state index in [1.54, 1.807) is 0 Å². The molecule has 0 saturated heterocycles. The molecule has 1 aromatic heterocycles. The molecule has 0 aliphatic rings. The van der Waals surface area contributed by atoms with Gasteiger partial charge in [-0.2, -0.15) is 4.39 Å². The highest BCUT2D eigenvalue weighted by molar-refractivity contribution is 5.94. The summed E-state index contributed by atoms with van der Waals surface area (Å²) in [5.41, 5.74) is -0.00708. The third-order valence-electron chi connectivity index (χ3n) is 2.07. The minimum absolute atomic E-state index is 0.00708. The number of aromatic nitrogens is 1. The van der Waals surface area contributed by atoms with Crippen LogP contribution in [0.25, 0.3) is 0 Å². The van der Waals surface area contributed by atoms with E-state index in [0.29, 0.717) is 6.54 Å². The van der Waals surface area contributed by atoms with Gasteiger partial charge in [-0.1, -0.05) is 0 Å². The van der Waals surface area contributed by atoms with Crippen molar-refractivity contribution < 1.29 is 9.18 Å². The lowest BCUT2D eigenvalue weighted by molar-refractivity contribution is 0.0947. The molecular formula is C11H16FN3O. The lowest BCUT2D eigenvalue weighted by Crippen LogP contribution is -2.28. The summed E-state index contributed by atoms with van der Waals surface area (Å²) >= 11 is 0. The van der Waals surface area contributed by atoms with Crippen molar-refractivity contribution in [3.63, 3.8) is 0 Å². The Labute approximate surface area is 94.5 Å². The number of rotatable bonds is 5. The molecule has 16 heavy (non-hydrogen) atoms. The van der Waals surface area contributed by atoms with Crippen molar-refractivity contribution in [1.82, 2.24) is 15.2 Å². The molecule has 0 aliphatic carbocycles. The highest BCUT2D eigenvalue weighted by atomic mass is 19.1. The maximum absolute atomic E-state index is 13.1. The Balaban J connectivity index is 2.39. The molecule has 88 valence electrons. The molecule has 0 unspecified atom stereocenters. The predicted molar refractivity (Wildman–Crippen MR) is 59.7 cm³/mol. The molecule has 1 N–H and O–H groups in total. The normalized spacial score (nSPS) is 10.5. The van der Waals surface area contributed by atoms with Gasteiger partial charge in [0.15, 0.2) is 0 Å². The smallest absolute Gasteiger partial charge is 0.255 e. The molecule has 4 nitrogen and oxygen atoms in total. The molecule has 0 atom stereocenters. The lowest BCUT2D eigenvalue weighted by Gasteiger charge is -2.09. The van der Waals surface area contributed by atoms with Gasteiger partial charge in [0.25, 0.3) is 5.91 Å². The first-order valence-corrected chi connectivity index (χ1v) is 5.14. The molecule has 1 rings (SSSR count). The summed E-state index contributed by atoms with van der Waals surface area (Å²) in [6, 6.07) is 2.96. The fourth-order valence-corrected chi connectivity index (χ4v) is 1.25. The van der Waals surface area contributed by atoms with Crippen molar-refractivity contribution in [3.8, 4) is 0 Å². The zero-order valence-corrected chi connectivity index (χ0v) is 9.53. The van der Waals surface area contributed by atoms with Crippen molar-refractivity contribution in [1.29, 1.82) is 0 Å². The standard InChI is InChI=1S/C11H16FN3O/c1-15(2)8-4-7-14-11(16)9-5-3-6-13-10(9)12/h3,5-6H,4,7-8H2,1-2H3,(H,14,16). The molecule has 0 aliphatic heterocycles. The molecule has 5 heteroatoms. The van der Waals surface area contributed by atoms with Gasteiger partial charge in [-0.15, -0.1) is 0 Å². The van der Waals surface area contributed by atoms with Crippen LogP contribution in [0.15, 0.2) is 18.3 Å². The van der Waals surface area contributed by atoms with Gasteiger partial charge in [0, 0.05) is 12.7 Å². The molecule has 0 spiro atoms. The fraction of sp³-hybridized carbons (Fsp3) is 0.455. The molecule has 0 bridgehead atoms. The third-order valence-corrected chi connectivity index (χ3v) is 2.07. The lowest BCUT2D eigenvalue weighted by atomic mass is 10.2. The third kappa shape index (κ3) is 3.94. The molecule has 1 aromatic rings. The minimum Gasteiger partial charge on any atom is -0.352 e.